The molecule has 0 spiro atoms. The Morgan fingerprint density at radius 1 is 1.14 bits per heavy atom. The topological polar surface area (TPSA) is 83.7 Å². The SMILES string of the molecule is COc1nc(-c2ccco2)c2c(n1)C(Cc1ccccc1OC(F)(F)F)OC2=O. The molecule has 0 amide bonds. The molecular formula is C19H13F3N2O5. The summed E-state index contributed by atoms with van der Waals surface area (Å²) < 4.78 is 57.9. The molecule has 1 aromatic carbocycles. The van der Waals surface area contributed by atoms with Gasteiger partial charge in [-0.15, -0.1) is 13.2 Å². The molecule has 3 aromatic rings. The summed E-state index contributed by atoms with van der Waals surface area (Å²) in [6.45, 7) is 0. The molecule has 7 nitrogen and oxygen atoms in total. The fourth-order valence-corrected chi connectivity index (χ4v) is 3.05. The third kappa shape index (κ3) is 3.73. The summed E-state index contributed by atoms with van der Waals surface area (Å²) in [5.74, 6) is -0.773. The fraction of sp³-hybridized carbons (Fsp3) is 0.211. The van der Waals surface area contributed by atoms with E-state index in [1.165, 1.54) is 31.6 Å². The maximum Gasteiger partial charge on any atom is 0.573 e. The van der Waals surface area contributed by atoms with Gasteiger partial charge >= 0.3 is 18.3 Å². The van der Waals surface area contributed by atoms with Gasteiger partial charge in [0.05, 0.1) is 13.4 Å². The van der Waals surface area contributed by atoms with Crippen molar-refractivity contribution in [1.82, 2.24) is 9.97 Å². The van der Waals surface area contributed by atoms with Gasteiger partial charge in [0.15, 0.2) is 5.76 Å². The Morgan fingerprint density at radius 3 is 2.62 bits per heavy atom. The number of aromatic nitrogens is 2. The van der Waals surface area contributed by atoms with E-state index in [2.05, 4.69) is 14.7 Å². The molecule has 3 heterocycles. The molecular weight excluding hydrogens is 393 g/mol. The van der Waals surface area contributed by atoms with Crippen LogP contribution in [0.3, 0.4) is 0 Å². The van der Waals surface area contributed by atoms with Crippen molar-refractivity contribution in [1.29, 1.82) is 0 Å². The first-order valence-corrected chi connectivity index (χ1v) is 8.40. The zero-order chi connectivity index (χ0) is 20.6. The standard InChI is InChI=1S/C19H13F3N2O5/c1-26-18-23-15(12-7-4-8-27-12)14-16(24-18)13(28-17(14)25)9-10-5-2-3-6-11(10)29-19(20,21)22/h2-8,13H,9H2,1H3. The van der Waals surface area contributed by atoms with Gasteiger partial charge in [0, 0.05) is 6.42 Å². The van der Waals surface area contributed by atoms with Crippen LogP contribution in [0.2, 0.25) is 0 Å². The molecule has 0 radical (unpaired) electrons. The second kappa shape index (κ2) is 7.12. The number of nitrogens with zero attached hydrogens (tertiary/aromatic N) is 2. The number of rotatable bonds is 5. The Kier molecular flexibility index (Phi) is 4.61. The van der Waals surface area contributed by atoms with E-state index in [4.69, 9.17) is 13.9 Å². The quantitative estimate of drug-likeness (QED) is 0.590. The van der Waals surface area contributed by atoms with E-state index in [-0.39, 0.29) is 40.7 Å². The van der Waals surface area contributed by atoms with Gasteiger partial charge in [-0.3, -0.25) is 0 Å². The van der Waals surface area contributed by atoms with Crippen molar-refractivity contribution in [2.45, 2.75) is 18.9 Å². The highest BCUT2D eigenvalue weighted by Crippen LogP contribution is 2.39. The minimum atomic E-state index is -4.85. The average Bonchev–Trinajstić information content (AvgIpc) is 3.30. The summed E-state index contributed by atoms with van der Waals surface area (Å²) in [7, 11) is 1.35. The third-order valence-corrected chi connectivity index (χ3v) is 4.22. The number of carbonyl (C=O) groups is 1. The first-order chi connectivity index (χ1) is 13.9. The van der Waals surface area contributed by atoms with E-state index >= 15 is 0 Å². The predicted octanol–water partition coefficient (Wildman–Crippen LogP) is 4.10. The Bertz CT molecular complexity index is 1050. The van der Waals surface area contributed by atoms with E-state index in [0.717, 1.165) is 0 Å². The monoisotopic (exact) mass is 406 g/mol. The van der Waals surface area contributed by atoms with Crippen LogP contribution >= 0.6 is 0 Å². The summed E-state index contributed by atoms with van der Waals surface area (Å²) in [6, 6.07) is 8.82. The van der Waals surface area contributed by atoms with Crippen LogP contribution in [0.1, 0.15) is 27.7 Å². The van der Waals surface area contributed by atoms with Crippen LogP contribution in [-0.4, -0.2) is 29.4 Å². The number of cyclic esters (lactones) is 1. The highest BCUT2D eigenvalue weighted by molar-refractivity contribution is 5.99. The smallest absolute Gasteiger partial charge is 0.467 e. The lowest BCUT2D eigenvalue weighted by Gasteiger charge is -2.15. The van der Waals surface area contributed by atoms with Gasteiger partial charge in [0.1, 0.15) is 28.8 Å². The van der Waals surface area contributed by atoms with E-state index in [9.17, 15) is 18.0 Å². The van der Waals surface area contributed by atoms with Crippen molar-refractivity contribution in [2.75, 3.05) is 7.11 Å². The van der Waals surface area contributed by atoms with Gasteiger partial charge in [-0.25, -0.2) is 4.79 Å². The molecule has 150 valence electrons. The molecule has 1 unspecified atom stereocenters. The molecule has 4 rings (SSSR count). The van der Waals surface area contributed by atoms with Crippen molar-refractivity contribution < 1.29 is 36.6 Å². The fourth-order valence-electron chi connectivity index (χ4n) is 3.05. The summed E-state index contributed by atoms with van der Waals surface area (Å²) in [5.41, 5.74) is 0.673. The molecule has 0 saturated carbocycles. The van der Waals surface area contributed by atoms with Crippen LogP contribution in [0.5, 0.6) is 11.8 Å². The van der Waals surface area contributed by atoms with Crippen molar-refractivity contribution in [3.8, 4) is 23.2 Å². The largest absolute Gasteiger partial charge is 0.573 e. The molecule has 1 aliphatic heterocycles. The number of para-hydroxylation sites is 1. The van der Waals surface area contributed by atoms with Gasteiger partial charge in [0.25, 0.3) is 0 Å². The van der Waals surface area contributed by atoms with Crippen LogP contribution in [0, 0.1) is 0 Å². The Morgan fingerprint density at radius 2 is 1.93 bits per heavy atom. The Hall–Kier alpha value is -3.56. The molecule has 0 saturated heterocycles. The molecule has 0 N–H and O–H groups in total. The molecule has 1 aliphatic rings. The maximum atomic E-state index is 12.7. The number of methoxy groups -OCH3 is 1. The second-order valence-corrected chi connectivity index (χ2v) is 6.05. The van der Waals surface area contributed by atoms with Crippen molar-refractivity contribution in [2.24, 2.45) is 0 Å². The van der Waals surface area contributed by atoms with Crippen LogP contribution in [-0.2, 0) is 11.2 Å². The second-order valence-electron chi connectivity index (χ2n) is 6.05. The van der Waals surface area contributed by atoms with Crippen LogP contribution < -0.4 is 9.47 Å². The first kappa shape index (κ1) is 18.8. The number of esters is 1. The number of ether oxygens (including phenoxy) is 3. The summed E-state index contributed by atoms with van der Waals surface area (Å²) in [5, 5.41) is 0. The van der Waals surface area contributed by atoms with E-state index < -0.39 is 18.4 Å². The zero-order valence-corrected chi connectivity index (χ0v) is 14.9. The number of halogens is 3. The van der Waals surface area contributed by atoms with E-state index in [1.54, 1.807) is 18.2 Å². The maximum absolute atomic E-state index is 12.7. The van der Waals surface area contributed by atoms with Crippen molar-refractivity contribution in [3.05, 3.63) is 59.5 Å². The molecule has 1 atom stereocenters. The number of benzene rings is 1. The van der Waals surface area contributed by atoms with Crippen LogP contribution in [0.4, 0.5) is 13.2 Å². The molecule has 0 aliphatic carbocycles. The lowest BCUT2D eigenvalue weighted by Crippen LogP contribution is -2.18. The van der Waals surface area contributed by atoms with Gasteiger partial charge in [-0.05, 0) is 23.8 Å². The Balaban J connectivity index is 1.74. The number of fused-ring (bicyclic) bond motifs is 1. The van der Waals surface area contributed by atoms with Crippen molar-refractivity contribution in [3.63, 3.8) is 0 Å². The van der Waals surface area contributed by atoms with Gasteiger partial charge in [-0.2, -0.15) is 9.97 Å². The molecule has 0 fully saturated rings. The highest BCUT2D eigenvalue weighted by Gasteiger charge is 2.39. The number of hydrogen-bond donors (Lipinski definition) is 0. The van der Waals surface area contributed by atoms with Crippen molar-refractivity contribution >= 4 is 5.97 Å². The number of alkyl halides is 3. The lowest BCUT2D eigenvalue weighted by atomic mass is 10.0. The minimum absolute atomic E-state index is 0.0294. The van der Waals surface area contributed by atoms with Gasteiger partial charge < -0.3 is 18.6 Å². The van der Waals surface area contributed by atoms with E-state index in [0.29, 0.717) is 5.76 Å². The van der Waals surface area contributed by atoms with Gasteiger partial charge in [-0.1, -0.05) is 18.2 Å². The summed E-state index contributed by atoms with van der Waals surface area (Å²) in [6.07, 6.45) is -4.46. The zero-order valence-electron chi connectivity index (χ0n) is 14.9. The summed E-state index contributed by atoms with van der Waals surface area (Å²) >= 11 is 0. The Labute approximate surface area is 162 Å². The third-order valence-electron chi connectivity index (χ3n) is 4.22. The summed E-state index contributed by atoms with van der Waals surface area (Å²) in [4.78, 5) is 20.9. The minimum Gasteiger partial charge on any atom is -0.467 e. The molecule has 2 aromatic heterocycles. The number of carbonyl (C=O) groups excluding carboxylic acids is 1. The normalized spacial score (nSPS) is 15.7. The predicted molar refractivity (Wildman–Crippen MR) is 91.3 cm³/mol. The average molecular weight is 406 g/mol. The van der Waals surface area contributed by atoms with Gasteiger partial charge in [0.2, 0.25) is 0 Å². The van der Waals surface area contributed by atoms with Crippen LogP contribution in [0.15, 0.2) is 47.1 Å². The molecule has 29 heavy (non-hydrogen) atoms. The molecule has 10 heteroatoms. The molecule has 0 bridgehead atoms. The van der Waals surface area contributed by atoms with E-state index in [1.807, 2.05) is 0 Å². The lowest BCUT2D eigenvalue weighted by molar-refractivity contribution is -0.275. The highest BCUT2D eigenvalue weighted by atomic mass is 19.4. The van der Waals surface area contributed by atoms with Crippen LogP contribution in [0.25, 0.3) is 11.5 Å². The number of furan rings is 1. The first-order valence-electron chi connectivity index (χ1n) is 8.40. The number of hydrogen-bond acceptors (Lipinski definition) is 7.